The van der Waals surface area contributed by atoms with E-state index in [9.17, 15) is 9.18 Å². The molecule has 0 saturated carbocycles. The molecule has 1 atom stereocenters. The van der Waals surface area contributed by atoms with Gasteiger partial charge in [0, 0.05) is 0 Å². The Bertz CT molecular complexity index is 950. The Kier molecular flexibility index (Phi) is 5.46. The zero-order valence-electron chi connectivity index (χ0n) is 15.0. The van der Waals surface area contributed by atoms with Crippen molar-refractivity contribution in [2.75, 3.05) is 7.11 Å². The molecule has 0 spiro atoms. The maximum absolute atomic E-state index is 14.3. The zero-order chi connectivity index (χ0) is 19.6. The molecule has 0 aliphatic heterocycles. The van der Waals surface area contributed by atoms with E-state index in [-0.39, 0.29) is 33.6 Å². The maximum atomic E-state index is 14.3. The molecule has 1 unspecified atom stereocenters. The number of rotatable bonds is 5. The predicted octanol–water partition coefficient (Wildman–Crippen LogP) is 4.94. The van der Waals surface area contributed by atoms with Crippen molar-refractivity contribution in [2.24, 2.45) is 0 Å². The van der Waals surface area contributed by atoms with Crippen LogP contribution in [0.4, 0.5) is 4.39 Å². The average Bonchev–Trinajstić information content (AvgIpc) is 3.03. The van der Waals surface area contributed by atoms with Gasteiger partial charge in [-0.25, -0.2) is 4.39 Å². The van der Waals surface area contributed by atoms with Gasteiger partial charge < -0.3 is 14.6 Å². The van der Waals surface area contributed by atoms with E-state index >= 15 is 0 Å². The van der Waals surface area contributed by atoms with Crippen molar-refractivity contribution in [2.45, 2.75) is 19.9 Å². The molecule has 1 amide bonds. The van der Waals surface area contributed by atoms with Gasteiger partial charge >= 0.3 is 0 Å². The number of ether oxygens (including phenoxy) is 1. The third kappa shape index (κ3) is 3.80. The molecule has 140 valence electrons. The summed E-state index contributed by atoms with van der Waals surface area (Å²) in [7, 11) is 1.59. The summed E-state index contributed by atoms with van der Waals surface area (Å²) >= 11 is 6.11. The first-order valence-electron chi connectivity index (χ1n) is 8.27. The first kappa shape index (κ1) is 18.9. The molecule has 2 aromatic carbocycles. The molecule has 0 saturated heterocycles. The monoisotopic (exact) mass is 388 g/mol. The van der Waals surface area contributed by atoms with Crippen LogP contribution in [0.2, 0.25) is 5.02 Å². The van der Waals surface area contributed by atoms with Crippen molar-refractivity contribution >= 4 is 17.5 Å². The van der Waals surface area contributed by atoms with Crippen LogP contribution in [-0.2, 0) is 0 Å². The van der Waals surface area contributed by atoms with Gasteiger partial charge in [-0.1, -0.05) is 35.0 Å². The van der Waals surface area contributed by atoms with Crippen LogP contribution in [0, 0.1) is 12.7 Å². The fourth-order valence-electron chi connectivity index (χ4n) is 2.78. The Balaban J connectivity index is 1.90. The predicted molar refractivity (Wildman–Crippen MR) is 101 cm³/mol. The highest BCUT2D eigenvalue weighted by molar-refractivity contribution is 6.33. The molecule has 7 heteroatoms. The first-order chi connectivity index (χ1) is 12.9. The van der Waals surface area contributed by atoms with E-state index in [1.54, 1.807) is 14.0 Å². The van der Waals surface area contributed by atoms with Crippen LogP contribution in [0.1, 0.15) is 34.6 Å². The molecule has 3 aromatic rings. The lowest BCUT2D eigenvalue weighted by molar-refractivity contribution is 0.0939. The molecule has 5 nitrogen and oxygen atoms in total. The minimum atomic E-state index is -0.576. The van der Waals surface area contributed by atoms with Gasteiger partial charge in [0.05, 0.1) is 23.7 Å². The highest BCUT2D eigenvalue weighted by Gasteiger charge is 2.26. The van der Waals surface area contributed by atoms with Gasteiger partial charge in [-0.2, -0.15) is 0 Å². The number of amides is 1. The van der Waals surface area contributed by atoms with Gasteiger partial charge in [0.1, 0.15) is 28.6 Å². The van der Waals surface area contributed by atoms with Crippen LogP contribution >= 0.6 is 11.6 Å². The minimum Gasteiger partial charge on any atom is -0.497 e. The highest BCUT2D eigenvalue weighted by atomic mass is 35.5. The van der Waals surface area contributed by atoms with Gasteiger partial charge in [-0.15, -0.1) is 0 Å². The summed E-state index contributed by atoms with van der Waals surface area (Å²) in [6.45, 7) is 3.44. The maximum Gasteiger partial charge on any atom is 0.257 e. The molecule has 27 heavy (non-hydrogen) atoms. The number of hydrogen-bond donors (Lipinski definition) is 1. The summed E-state index contributed by atoms with van der Waals surface area (Å²) in [5, 5.41) is 6.89. The highest BCUT2D eigenvalue weighted by Crippen LogP contribution is 2.33. The number of aromatic nitrogens is 1. The molecular formula is C20H18ClFN2O3. The number of carbonyl (C=O) groups excluding carboxylic acids is 1. The van der Waals surface area contributed by atoms with Crippen molar-refractivity contribution in [3.05, 3.63) is 70.2 Å². The molecule has 0 bridgehead atoms. The quantitative estimate of drug-likeness (QED) is 0.672. The Hall–Kier alpha value is -2.86. The Morgan fingerprint density at radius 1 is 1.26 bits per heavy atom. The van der Waals surface area contributed by atoms with E-state index < -0.39 is 11.7 Å². The number of aryl methyl sites for hydroxylation is 1. The zero-order valence-corrected chi connectivity index (χ0v) is 15.8. The molecular weight excluding hydrogens is 371 g/mol. The van der Waals surface area contributed by atoms with E-state index in [2.05, 4.69) is 10.5 Å². The number of halogens is 2. The van der Waals surface area contributed by atoms with Crippen molar-refractivity contribution in [1.82, 2.24) is 10.5 Å². The summed E-state index contributed by atoms with van der Waals surface area (Å²) in [5.41, 5.74) is 1.17. The molecule has 0 aliphatic carbocycles. The van der Waals surface area contributed by atoms with Crippen molar-refractivity contribution in [1.29, 1.82) is 0 Å². The lowest BCUT2D eigenvalue weighted by Crippen LogP contribution is -2.27. The number of methoxy groups -OCH3 is 1. The van der Waals surface area contributed by atoms with Gasteiger partial charge in [-0.3, -0.25) is 4.79 Å². The van der Waals surface area contributed by atoms with Crippen molar-refractivity contribution < 1.29 is 18.4 Å². The van der Waals surface area contributed by atoms with Gasteiger partial charge in [0.2, 0.25) is 0 Å². The van der Waals surface area contributed by atoms with E-state index in [0.717, 1.165) is 11.3 Å². The second-order valence-electron chi connectivity index (χ2n) is 6.03. The normalized spacial score (nSPS) is 11.9. The lowest BCUT2D eigenvalue weighted by Gasteiger charge is -2.15. The fourth-order valence-corrected chi connectivity index (χ4v) is 3.03. The van der Waals surface area contributed by atoms with Gasteiger partial charge in [0.25, 0.3) is 5.91 Å². The first-order valence-corrected chi connectivity index (χ1v) is 8.65. The Morgan fingerprint density at radius 3 is 2.59 bits per heavy atom. The summed E-state index contributed by atoms with van der Waals surface area (Å²) < 4.78 is 24.6. The summed E-state index contributed by atoms with van der Waals surface area (Å²) in [6.07, 6.45) is 0. The molecule has 0 fully saturated rings. The van der Waals surface area contributed by atoms with Crippen LogP contribution < -0.4 is 10.1 Å². The molecule has 1 aromatic heterocycles. The molecule has 0 aliphatic rings. The summed E-state index contributed by atoms with van der Waals surface area (Å²) in [4.78, 5) is 12.8. The van der Waals surface area contributed by atoms with Crippen LogP contribution in [0.25, 0.3) is 11.3 Å². The Morgan fingerprint density at radius 2 is 1.96 bits per heavy atom. The summed E-state index contributed by atoms with van der Waals surface area (Å²) in [5.74, 6) is 0.00632. The number of nitrogens with one attached hydrogen (secondary N) is 1. The number of nitrogens with zero attached hydrogens (tertiary/aromatic N) is 1. The van der Waals surface area contributed by atoms with Gasteiger partial charge in [-0.05, 0) is 43.7 Å². The molecule has 1 heterocycles. The van der Waals surface area contributed by atoms with Crippen molar-refractivity contribution in [3.8, 4) is 17.0 Å². The SMILES string of the molecule is COc1ccc(C(C)NC(=O)c2c(-c3c(F)cccc3Cl)noc2C)cc1. The third-order valence-electron chi connectivity index (χ3n) is 4.25. The number of carbonyl (C=O) groups is 1. The van der Waals surface area contributed by atoms with Crippen molar-refractivity contribution in [3.63, 3.8) is 0 Å². The fraction of sp³-hybridized carbons (Fsp3) is 0.200. The average molecular weight is 389 g/mol. The topological polar surface area (TPSA) is 64.4 Å². The third-order valence-corrected chi connectivity index (χ3v) is 4.57. The standard InChI is InChI=1S/C20H18ClFN2O3/c1-11(13-7-9-14(26-3)10-8-13)23-20(25)17-12(2)27-24-19(17)18-15(21)5-4-6-16(18)22/h4-11H,1-3H3,(H,23,25). The van der Waals surface area contributed by atoms with Crippen LogP contribution in [0.3, 0.4) is 0 Å². The Labute approximate surface area is 161 Å². The van der Waals surface area contributed by atoms with E-state index in [0.29, 0.717) is 0 Å². The largest absolute Gasteiger partial charge is 0.497 e. The van der Waals surface area contributed by atoms with E-state index in [1.165, 1.54) is 18.2 Å². The second-order valence-corrected chi connectivity index (χ2v) is 6.43. The molecule has 0 radical (unpaired) electrons. The molecule has 3 rings (SSSR count). The number of benzene rings is 2. The molecule has 1 N–H and O–H groups in total. The smallest absolute Gasteiger partial charge is 0.257 e. The lowest BCUT2D eigenvalue weighted by atomic mass is 10.0. The van der Waals surface area contributed by atoms with E-state index in [1.807, 2.05) is 31.2 Å². The van der Waals surface area contributed by atoms with Crippen LogP contribution in [-0.4, -0.2) is 18.2 Å². The van der Waals surface area contributed by atoms with Gasteiger partial charge in [0.15, 0.2) is 0 Å². The van der Waals surface area contributed by atoms with E-state index in [4.69, 9.17) is 20.9 Å². The second kappa shape index (κ2) is 7.80. The number of hydrogen-bond acceptors (Lipinski definition) is 4. The minimum absolute atomic E-state index is 0.0401. The summed E-state index contributed by atoms with van der Waals surface area (Å²) in [6, 6.07) is 11.3. The van der Waals surface area contributed by atoms with Crippen LogP contribution in [0.5, 0.6) is 5.75 Å². The van der Waals surface area contributed by atoms with Crippen LogP contribution in [0.15, 0.2) is 47.0 Å².